The predicted molar refractivity (Wildman–Crippen MR) is 74.7 cm³/mol. The minimum Gasteiger partial charge on any atom is -0.464 e. The standard InChI is InChI=1S/C15H26N2O/c1-4-13-5-6-15(18-13)14(11-12(2)3)17-9-7-16-8-10-17/h5-6,12,14,16H,4,7-11H2,1-3H3/t14-/m0/s1. The molecule has 2 heterocycles. The van der Waals surface area contributed by atoms with Gasteiger partial charge in [-0.25, -0.2) is 0 Å². The third-order valence-corrected chi connectivity index (χ3v) is 3.65. The zero-order chi connectivity index (χ0) is 13.0. The Bertz CT molecular complexity index is 353. The molecule has 18 heavy (non-hydrogen) atoms. The third-order valence-electron chi connectivity index (χ3n) is 3.65. The summed E-state index contributed by atoms with van der Waals surface area (Å²) >= 11 is 0. The van der Waals surface area contributed by atoms with Crippen molar-refractivity contribution in [3.05, 3.63) is 23.7 Å². The maximum atomic E-state index is 5.99. The normalized spacial score (nSPS) is 19.3. The van der Waals surface area contributed by atoms with E-state index >= 15 is 0 Å². The van der Waals surface area contributed by atoms with Crippen molar-refractivity contribution in [1.29, 1.82) is 0 Å². The second kappa shape index (κ2) is 6.39. The van der Waals surface area contributed by atoms with Crippen LogP contribution in [0, 0.1) is 5.92 Å². The van der Waals surface area contributed by atoms with Crippen LogP contribution in [0.15, 0.2) is 16.5 Å². The van der Waals surface area contributed by atoms with Crippen LogP contribution in [0.25, 0.3) is 0 Å². The van der Waals surface area contributed by atoms with Crippen molar-refractivity contribution >= 4 is 0 Å². The van der Waals surface area contributed by atoms with Gasteiger partial charge in [-0.15, -0.1) is 0 Å². The fourth-order valence-electron chi connectivity index (χ4n) is 2.65. The molecule has 0 amide bonds. The summed E-state index contributed by atoms with van der Waals surface area (Å²) in [5, 5.41) is 3.42. The number of rotatable bonds is 5. The Balaban J connectivity index is 2.12. The molecule has 0 aliphatic carbocycles. The van der Waals surface area contributed by atoms with Crippen LogP contribution in [0.2, 0.25) is 0 Å². The van der Waals surface area contributed by atoms with E-state index in [4.69, 9.17) is 4.42 Å². The van der Waals surface area contributed by atoms with Gasteiger partial charge in [0.2, 0.25) is 0 Å². The molecule has 0 saturated carbocycles. The minimum absolute atomic E-state index is 0.451. The Morgan fingerprint density at radius 2 is 2.00 bits per heavy atom. The number of nitrogens with one attached hydrogen (secondary N) is 1. The summed E-state index contributed by atoms with van der Waals surface area (Å²) in [6.07, 6.45) is 2.16. The molecule has 0 unspecified atom stereocenters. The monoisotopic (exact) mass is 250 g/mol. The van der Waals surface area contributed by atoms with E-state index in [1.165, 1.54) is 6.42 Å². The molecule has 2 rings (SSSR count). The first-order valence-corrected chi connectivity index (χ1v) is 7.24. The summed E-state index contributed by atoms with van der Waals surface area (Å²) in [5.41, 5.74) is 0. The van der Waals surface area contributed by atoms with Crippen LogP contribution in [0.3, 0.4) is 0 Å². The van der Waals surface area contributed by atoms with Crippen molar-refractivity contribution in [2.45, 2.75) is 39.7 Å². The Hall–Kier alpha value is -0.800. The summed E-state index contributed by atoms with van der Waals surface area (Å²) in [6.45, 7) is 11.2. The van der Waals surface area contributed by atoms with Crippen molar-refractivity contribution in [2.75, 3.05) is 26.2 Å². The van der Waals surface area contributed by atoms with Crippen LogP contribution in [0.1, 0.15) is 44.8 Å². The van der Waals surface area contributed by atoms with Gasteiger partial charge in [0.25, 0.3) is 0 Å². The maximum absolute atomic E-state index is 5.99. The highest BCUT2D eigenvalue weighted by Crippen LogP contribution is 2.29. The Kier molecular flexibility index (Phi) is 4.84. The van der Waals surface area contributed by atoms with Crippen molar-refractivity contribution in [3.63, 3.8) is 0 Å². The van der Waals surface area contributed by atoms with Crippen LogP contribution in [0.5, 0.6) is 0 Å². The van der Waals surface area contributed by atoms with Gasteiger partial charge in [0.15, 0.2) is 0 Å². The lowest BCUT2D eigenvalue weighted by molar-refractivity contribution is 0.134. The third kappa shape index (κ3) is 3.36. The minimum atomic E-state index is 0.451. The Labute approximate surface area is 111 Å². The zero-order valence-corrected chi connectivity index (χ0v) is 11.9. The maximum Gasteiger partial charge on any atom is 0.121 e. The number of hydrogen-bond acceptors (Lipinski definition) is 3. The molecule has 1 atom stereocenters. The Morgan fingerprint density at radius 1 is 1.28 bits per heavy atom. The summed E-state index contributed by atoms with van der Waals surface area (Å²) in [5.74, 6) is 2.96. The van der Waals surface area contributed by atoms with E-state index in [-0.39, 0.29) is 0 Å². The molecule has 1 saturated heterocycles. The van der Waals surface area contributed by atoms with Gasteiger partial charge in [-0.2, -0.15) is 0 Å². The molecular weight excluding hydrogens is 224 g/mol. The van der Waals surface area contributed by atoms with Crippen molar-refractivity contribution in [2.24, 2.45) is 5.92 Å². The largest absolute Gasteiger partial charge is 0.464 e. The number of piperazine rings is 1. The first-order chi connectivity index (χ1) is 8.70. The molecule has 0 radical (unpaired) electrons. The van der Waals surface area contributed by atoms with Crippen molar-refractivity contribution in [3.8, 4) is 0 Å². The van der Waals surface area contributed by atoms with E-state index in [0.29, 0.717) is 12.0 Å². The average Bonchev–Trinajstić information content (AvgIpc) is 2.85. The summed E-state index contributed by atoms with van der Waals surface area (Å²) in [7, 11) is 0. The lowest BCUT2D eigenvalue weighted by Crippen LogP contribution is -2.45. The smallest absolute Gasteiger partial charge is 0.121 e. The quantitative estimate of drug-likeness (QED) is 0.871. The molecule has 1 aromatic heterocycles. The lowest BCUT2D eigenvalue weighted by Gasteiger charge is -2.34. The predicted octanol–water partition coefficient (Wildman–Crippen LogP) is 2.83. The van der Waals surface area contributed by atoms with Gasteiger partial charge >= 0.3 is 0 Å². The molecule has 1 aliphatic heterocycles. The summed E-state index contributed by atoms with van der Waals surface area (Å²) < 4.78 is 5.99. The van der Waals surface area contributed by atoms with Crippen molar-refractivity contribution < 1.29 is 4.42 Å². The first-order valence-electron chi connectivity index (χ1n) is 7.24. The van der Waals surface area contributed by atoms with E-state index < -0.39 is 0 Å². The fourth-order valence-corrected chi connectivity index (χ4v) is 2.65. The second-order valence-corrected chi connectivity index (χ2v) is 5.59. The highest BCUT2D eigenvalue weighted by atomic mass is 16.3. The summed E-state index contributed by atoms with van der Waals surface area (Å²) in [4.78, 5) is 2.56. The van der Waals surface area contributed by atoms with Gasteiger partial charge in [0, 0.05) is 32.6 Å². The van der Waals surface area contributed by atoms with Gasteiger partial charge in [-0.05, 0) is 24.5 Å². The van der Waals surface area contributed by atoms with Crippen LogP contribution in [-0.2, 0) is 6.42 Å². The molecular formula is C15H26N2O. The van der Waals surface area contributed by atoms with Gasteiger partial charge < -0.3 is 9.73 Å². The van der Waals surface area contributed by atoms with Crippen LogP contribution >= 0.6 is 0 Å². The molecule has 0 aromatic carbocycles. The highest BCUT2D eigenvalue weighted by molar-refractivity contribution is 5.11. The lowest BCUT2D eigenvalue weighted by atomic mass is 10.00. The van der Waals surface area contributed by atoms with E-state index in [0.717, 1.165) is 44.1 Å². The van der Waals surface area contributed by atoms with Gasteiger partial charge in [0.1, 0.15) is 11.5 Å². The molecule has 1 aromatic rings. The van der Waals surface area contributed by atoms with Crippen molar-refractivity contribution in [1.82, 2.24) is 10.2 Å². The van der Waals surface area contributed by atoms with E-state index in [2.05, 4.69) is 43.1 Å². The molecule has 0 bridgehead atoms. The zero-order valence-electron chi connectivity index (χ0n) is 11.9. The fraction of sp³-hybridized carbons (Fsp3) is 0.733. The summed E-state index contributed by atoms with van der Waals surface area (Å²) in [6, 6.07) is 4.76. The number of furan rings is 1. The number of nitrogens with zero attached hydrogens (tertiary/aromatic N) is 1. The Morgan fingerprint density at radius 3 is 2.56 bits per heavy atom. The van der Waals surface area contributed by atoms with E-state index in [9.17, 15) is 0 Å². The van der Waals surface area contributed by atoms with Gasteiger partial charge in [0.05, 0.1) is 6.04 Å². The van der Waals surface area contributed by atoms with E-state index in [1.54, 1.807) is 0 Å². The van der Waals surface area contributed by atoms with Crippen LogP contribution < -0.4 is 5.32 Å². The van der Waals surface area contributed by atoms with Gasteiger partial charge in [-0.3, -0.25) is 4.90 Å². The molecule has 0 spiro atoms. The molecule has 102 valence electrons. The topological polar surface area (TPSA) is 28.4 Å². The molecule has 1 aliphatic rings. The highest BCUT2D eigenvalue weighted by Gasteiger charge is 2.25. The number of aryl methyl sites for hydroxylation is 1. The van der Waals surface area contributed by atoms with Crippen LogP contribution in [-0.4, -0.2) is 31.1 Å². The van der Waals surface area contributed by atoms with E-state index in [1.807, 2.05) is 0 Å². The molecule has 3 heteroatoms. The first kappa shape index (κ1) is 13.6. The second-order valence-electron chi connectivity index (χ2n) is 5.59. The SMILES string of the molecule is CCc1ccc([C@H](CC(C)C)N2CCNCC2)o1. The molecule has 1 N–H and O–H groups in total. The van der Waals surface area contributed by atoms with Crippen LogP contribution in [0.4, 0.5) is 0 Å². The molecule has 1 fully saturated rings. The number of hydrogen-bond donors (Lipinski definition) is 1. The molecule has 3 nitrogen and oxygen atoms in total. The van der Waals surface area contributed by atoms with Gasteiger partial charge in [-0.1, -0.05) is 20.8 Å². The average molecular weight is 250 g/mol.